The van der Waals surface area contributed by atoms with Crippen molar-refractivity contribution in [1.29, 1.82) is 0 Å². The van der Waals surface area contributed by atoms with Gasteiger partial charge in [-0.3, -0.25) is 4.68 Å². The first kappa shape index (κ1) is 8.51. The van der Waals surface area contributed by atoms with Gasteiger partial charge in [0.15, 0.2) is 0 Å². The molecule has 0 saturated heterocycles. The molecule has 13 heavy (non-hydrogen) atoms. The fourth-order valence-corrected chi connectivity index (χ4v) is 1.67. The first-order chi connectivity index (χ1) is 6.36. The second kappa shape index (κ2) is 3.75. The number of nitrogens with zero attached hydrogens (tertiary/aromatic N) is 2. The lowest BCUT2D eigenvalue weighted by atomic mass is 10.1. The van der Waals surface area contributed by atoms with Crippen molar-refractivity contribution >= 4 is 0 Å². The monoisotopic (exact) mass is 177 g/mol. The number of aryl methyl sites for hydroxylation is 2. The van der Waals surface area contributed by atoms with Crippen molar-refractivity contribution in [1.82, 2.24) is 15.1 Å². The molecule has 1 N–H and O–H groups in total. The van der Waals surface area contributed by atoms with Crippen LogP contribution in [0.25, 0.3) is 0 Å². The topological polar surface area (TPSA) is 29.9 Å². The summed E-state index contributed by atoms with van der Waals surface area (Å²) >= 11 is 0. The lowest BCUT2D eigenvalue weighted by Gasteiger charge is -2.08. The predicted molar refractivity (Wildman–Crippen MR) is 52.5 cm³/mol. The number of nitrogens with one attached hydrogen (secondary N) is 1. The average molecular weight is 177 g/mol. The van der Waals surface area contributed by atoms with Gasteiger partial charge in [0.1, 0.15) is 0 Å². The van der Waals surface area contributed by atoms with Crippen LogP contribution < -0.4 is 5.32 Å². The lowest BCUT2D eigenvalue weighted by Crippen LogP contribution is -2.22. The largest absolute Gasteiger partial charge is 0.307 e. The Morgan fingerprint density at radius 3 is 3.23 bits per heavy atom. The van der Waals surface area contributed by atoms with Crippen LogP contribution in [0.5, 0.6) is 0 Å². The average Bonchev–Trinajstić information content (AvgIpc) is 2.72. The number of hydrogen-bond donors (Lipinski definition) is 1. The van der Waals surface area contributed by atoms with E-state index in [1.54, 1.807) is 0 Å². The molecule has 0 saturated carbocycles. The van der Waals surface area contributed by atoms with Crippen LogP contribution in [0, 0.1) is 0 Å². The first-order valence-corrected chi connectivity index (χ1v) is 4.73. The van der Waals surface area contributed by atoms with Crippen molar-refractivity contribution in [2.75, 3.05) is 6.54 Å². The molecule has 0 bridgehead atoms. The fourth-order valence-electron chi connectivity index (χ4n) is 1.67. The van der Waals surface area contributed by atoms with E-state index in [0.29, 0.717) is 6.04 Å². The van der Waals surface area contributed by atoms with Crippen LogP contribution in [-0.2, 0) is 13.5 Å². The van der Waals surface area contributed by atoms with Crippen LogP contribution in [0.1, 0.15) is 12.1 Å². The SMILES string of the molecule is Cn1nccc1CCC1C=CCN1. The van der Waals surface area contributed by atoms with E-state index < -0.39 is 0 Å². The van der Waals surface area contributed by atoms with Crippen molar-refractivity contribution < 1.29 is 0 Å². The Hall–Kier alpha value is -1.09. The van der Waals surface area contributed by atoms with Crippen molar-refractivity contribution in [3.63, 3.8) is 0 Å². The Balaban J connectivity index is 1.85. The lowest BCUT2D eigenvalue weighted by molar-refractivity contribution is 0.593. The summed E-state index contributed by atoms with van der Waals surface area (Å²) < 4.78 is 1.94. The van der Waals surface area contributed by atoms with E-state index in [4.69, 9.17) is 0 Å². The molecule has 0 radical (unpaired) electrons. The van der Waals surface area contributed by atoms with E-state index in [1.165, 1.54) is 5.69 Å². The summed E-state index contributed by atoms with van der Waals surface area (Å²) in [7, 11) is 1.99. The van der Waals surface area contributed by atoms with Gasteiger partial charge < -0.3 is 5.32 Å². The zero-order valence-corrected chi connectivity index (χ0v) is 7.90. The van der Waals surface area contributed by atoms with Crippen molar-refractivity contribution in [3.05, 3.63) is 30.1 Å². The number of hydrogen-bond acceptors (Lipinski definition) is 2. The molecule has 0 spiro atoms. The van der Waals surface area contributed by atoms with Crippen LogP contribution in [0.3, 0.4) is 0 Å². The highest BCUT2D eigenvalue weighted by Gasteiger charge is 2.08. The molecule has 1 aromatic heterocycles. The number of rotatable bonds is 3. The third-order valence-electron chi connectivity index (χ3n) is 2.50. The molecule has 0 fully saturated rings. The molecule has 2 heterocycles. The summed E-state index contributed by atoms with van der Waals surface area (Å²) in [4.78, 5) is 0. The van der Waals surface area contributed by atoms with Gasteiger partial charge in [0, 0.05) is 31.5 Å². The highest BCUT2D eigenvalue weighted by molar-refractivity contribution is 5.05. The fraction of sp³-hybridized carbons (Fsp3) is 0.500. The molecule has 3 heteroatoms. The summed E-state index contributed by atoms with van der Waals surface area (Å²) in [6.45, 7) is 1.02. The van der Waals surface area contributed by atoms with Crippen LogP contribution in [0.2, 0.25) is 0 Å². The Morgan fingerprint density at radius 2 is 2.62 bits per heavy atom. The summed E-state index contributed by atoms with van der Waals surface area (Å²) in [5.74, 6) is 0. The highest BCUT2D eigenvalue weighted by atomic mass is 15.2. The van der Waals surface area contributed by atoms with Crippen molar-refractivity contribution in [2.45, 2.75) is 18.9 Å². The van der Waals surface area contributed by atoms with Gasteiger partial charge in [0.25, 0.3) is 0 Å². The molecule has 0 aromatic carbocycles. The van der Waals surface area contributed by atoms with Crippen LogP contribution in [0.15, 0.2) is 24.4 Å². The molecular weight excluding hydrogens is 162 g/mol. The van der Waals surface area contributed by atoms with Gasteiger partial charge >= 0.3 is 0 Å². The van der Waals surface area contributed by atoms with Crippen LogP contribution in [-0.4, -0.2) is 22.4 Å². The second-order valence-electron chi connectivity index (χ2n) is 3.43. The summed E-state index contributed by atoms with van der Waals surface area (Å²) in [5.41, 5.74) is 1.31. The molecule has 1 aliphatic heterocycles. The molecule has 0 amide bonds. The predicted octanol–water partition coefficient (Wildman–Crippen LogP) is 0.881. The van der Waals surface area contributed by atoms with E-state index in [9.17, 15) is 0 Å². The molecule has 2 rings (SSSR count). The van der Waals surface area contributed by atoms with Gasteiger partial charge in [0.2, 0.25) is 0 Å². The van der Waals surface area contributed by atoms with Gasteiger partial charge in [-0.05, 0) is 18.9 Å². The maximum Gasteiger partial charge on any atom is 0.0492 e. The second-order valence-corrected chi connectivity index (χ2v) is 3.43. The minimum Gasteiger partial charge on any atom is -0.307 e. The normalized spacial score (nSPS) is 21.2. The number of aromatic nitrogens is 2. The first-order valence-electron chi connectivity index (χ1n) is 4.73. The standard InChI is InChI=1S/C10H15N3/c1-13-10(6-8-12-13)5-4-9-3-2-7-11-9/h2-3,6,8-9,11H,4-5,7H2,1H3. The van der Waals surface area contributed by atoms with E-state index in [2.05, 4.69) is 28.6 Å². The molecule has 1 aliphatic rings. The Bertz CT molecular complexity index is 301. The minimum absolute atomic E-state index is 0.565. The third-order valence-corrected chi connectivity index (χ3v) is 2.50. The Labute approximate surface area is 78.4 Å². The van der Waals surface area contributed by atoms with Crippen LogP contribution >= 0.6 is 0 Å². The smallest absolute Gasteiger partial charge is 0.0492 e. The highest BCUT2D eigenvalue weighted by Crippen LogP contribution is 2.06. The Morgan fingerprint density at radius 1 is 1.69 bits per heavy atom. The molecule has 1 aromatic rings. The zero-order valence-electron chi connectivity index (χ0n) is 7.90. The maximum absolute atomic E-state index is 4.14. The van der Waals surface area contributed by atoms with E-state index in [-0.39, 0.29) is 0 Å². The minimum atomic E-state index is 0.565. The summed E-state index contributed by atoms with van der Waals surface area (Å²) in [6.07, 6.45) is 8.55. The molecule has 1 atom stereocenters. The quantitative estimate of drug-likeness (QED) is 0.695. The van der Waals surface area contributed by atoms with E-state index >= 15 is 0 Å². The van der Waals surface area contributed by atoms with Crippen molar-refractivity contribution in [2.24, 2.45) is 7.05 Å². The molecule has 1 unspecified atom stereocenters. The van der Waals surface area contributed by atoms with Gasteiger partial charge in [-0.1, -0.05) is 12.2 Å². The van der Waals surface area contributed by atoms with Gasteiger partial charge in [-0.15, -0.1) is 0 Å². The van der Waals surface area contributed by atoms with E-state index in [1.807, 2.05) is 17.9 Å². The zero-order chi connectivity index (χ0) is 9.10. The summed E-state index contributed by atoms with van der Waals surface area (Å²) in [5, 5.41) is 7.54. The molecule has 3 nitrogen and oxygen atoms in total. The molecule has 0 aliphatic carbocycles. The van der Waals surface area contributed by atoms with Crippen LogP contribution in [0.4, 0.5) is 0 Å². The summed E-state index contributed by atoms with van der Waals surface area (Å²) in [6, 6.07) is 2.65. The van der Waals surface area contributed by atoms with Gasteiger partial charge in [-0.2, -0.15) is 5.10 Å². The maximum atomic E-state index is 4.14. The molecular formula is C10H15N3. The van der Waals surface area contributed by atoms with Crippen molar-refractivity contribution in [3.8, 4) is 0 Å². The third kappa shape index (κ3) is 1.98. The Kier molecular flexibility index (Phi) is 2.45. The molecule has 70 valence electrons. The van der Waals surface area contributed by atoms with Gasteiger partial charge in [0.05, 0.1) is 0 Å². The van der Waals surface area contributed by atoms with Gasteiger partial charge in [-0.25, -0.2) is 0 Å². The van der Waals surface area contributed by atoms with E-state index in [0.717, 1.165) is 19.4 Å².